The van der Waals surface area contributed by atoms with E-state index in [0.29, 0.717) is 54.6 Å². The fourth-order valence-corrected chi connectivity index (χ4v) is 3.65. The summed E-state index contributed by atoms with van der Waals surface area (Å²) in [6, 6.07) is 9.19. The average molecular weight is 509 g/mol. The first-order chi connectivity index (χ1) is 16.4. The third-order valence-corrected chi connectivity index (χ3v) is 5.38. The number of rotatable bonds is 13. The van der Waals surface area contributed by atoms with E-state index in [2.05, 4.69) is 10.6 Å². The van der Waals surface area contributed by atoms with Crippen LogP contribution in [0.4, 0.5) is 5.69 Å². The molecule has 0 aromatic heterocycles. The molecule has 35 heavy (non-hydrogen) atoms. The lowest BCUT2D eigenvalue weighted by Gasteiger charge is -2.23. The Morgan fingerprint density at radius 2 is 1.77 bits per heavy atom. The summed E-state index contributed by atoms with van der Waals surface area (Å²) in [6.45, 7) is 2.50. The highest BCUT2D eigenvalue weighted by Gasteiger charge is 2.23. The van der Waals surface area contributed by atoms with E-state index in [1.165, 1.54) is 6.92 Å². The molecule has 0 bridgehead atoms. The number of hydrogen-bond acceptors (Lipinski definition) is 8. The number of anilines is 1. The Morgan fingerprint density at radius 1 is 1.06 bits per heavy atom. The number of ether oxygens (including phenoxy) is 4. The SMILES string of the molecule is COc1ccc(CCNCC(O)COc2ccc(OCC(C)=O)c3c2CCC(=O)N3)cc1OC.Cl. The number of ketones is 1. The molecular weight excluding hydrogens is 476 g/mol. The minimum atomic E-state index is -0.715. The Labute approximate surface area is 211 Å². The van der Waals surface area contributed by atoms with Crippen LogP contribution in [-0.4, -0.2) is 63.4 Å². The highest BCUT2D eigenvalue weighted by molar-refractivity contribution is 5.96. The fraction of sp³-hybridized carbons (Fsp3) is 0.440. The van der Waals surface area contributed by atoms with Gasteiger partial charge in [-0.25, -0.2) is 0 Å². The van der Waals surface area contributed by atoms with Crippen LogP contribution in [0.1, 0.15) is 24.5 Å². The van der Waals surface area contributed by atoms with Crippen molar-refractivity contribution in [1.82, 2.24) is 5.32 Å². The number of fused-ring (bicyclic) bond motifs is 1. The van der Waals surface area contributed by atoms with E-state index >= 15 is 0 Å². The summed E-state index contributed by atoms with van der Waals surface area (Å²) in [6.07, 6.45) is 0.878. The van der Waals surface area contributed by atoms with Crippen LogP contribution in [-0.2, 0) is 22.4 Å². The second-order valence-electron chi connectivity index (χ2n) is 8.06. The molecule has 3 N–H and O–H groups in total. The van der Waals surface area contributed by atoms with Crippen molar-refractivity contribution >= 4 is 29.8 Å². The number of benzene rings is 2. The van der Waals surface area contributed by atoms with E-state index in [1.807, 2.05) is 18.2 Å². The maximum atomic E-state index is 11.9. The molecule has 0 saturated carbocycles. The number of carbonyl (C=O) groups excluding carboxylic acids is 2. The van der Waals surface area contributed by atoms with Gasteiger partial charge in [-0.1, -0.05) is 6.07 Å². The van der Waals surface area contributed by atoms with E-state index in [9.17, 15) is 14.7 Å². The van der Waals surface area contributed by atoms with E-state index in [1.54, 1.807) is 26.4 Å². The van der Waals surface area contributed by atoms with Crippen LogP contribution in [0.15, 0.2) is 30.3 Å². The third-order valence-electron chi connectivity index (χ3n) is 5.38. The molecule has 0 radical (unpaired) electrons. The minimum Gasteiger partial charge on any atom is -0.493 e. The summed E-state index contributed by atoms with van der Waals surface area (Å²) in [5.74, 6) is 2.16. The number of amides is 1. The summed E-state index contributed by atoms with van der Waals surface area (Å²) in [5.41, 5.74) is 2.42. The summed E-state index contributed by atoms with van der Waals surface area (Å²) >= 11 is 0. The van der Waals surface area contributed by atoms with Crippen molar-refractivity contribution in [3.05, 3.63) is 41.5 Å². The van der Waals surface area contributed by atoms with Crippen LogP contribution in [0.5, 0.6) is 23.0 Å². The highest BCUT2D eigenvalue weighted by Crippen LogP contribution is 2.39. The number of carbonyl (C=O) groups is 2. The quantitative estimate of drug-likeness (QED) is 0.354. The molecule has 9 nitrogen and oxygen atoms in total. The van der Waals surface area contributed by atoms with Crippen LogP contribution in [0.3, 0.4) is 0 Å². The van der Waals surface area contributed by atoms with Gasteiger partial charge in [0.25, 0.3) is 0 Å². The molecule has 2 aromatic rings. The van der Waals surface area contributed by atoms with Gasteiger partial charge >= 0.3 is 0 Å². The molecule has 1 atom stereocenters. The maximum Gasteiger partial charge on any atom is 0.224 e. The Balaban J connectivity index is 0.00000432. The summed E-state index contributed by atoms with van der Waals surface area (Å²) in [7, 11) is 3.21. The van der Waals surface area contributed by atoms with Crippen molar-refractivity contribution in [2.24, 2.45) is 0 Å². The van der Waals surface area contributed by atoms with Crippen LogP contribution in [0.25, 0.3) is 0 Å². The monoisotopic (exact) mass is 508 g/mol. The second-order valence-corrected chi connectivity index (χ2v) is 8.06. The maximum absolute atomic E-state index is 11.9. The molecule has 10 heteroatoms. The number of methoxy groups -OCH3 is 2. The van der Waals surface area contributed by atoms with E-state index in [4.69, 9.17) is 18.9 Å². The van der Waals surface area contributed by atoms with Crippen LogP contribution in [0.2, 0.25) is 0 Å². The first-order valence-corrected chi connectivity index (χ1v) is 11.2. The van der Waals surface area contributed by atoms with Gasteiger partial charge in [0.05, 0.1) is 19.9 Å². The molecule has 1 unspecified atom stereocenters. The summed E-state index contributed by atoms with van der Waals surface area (Å²) < 4.78 is 22.0. The number of halogens is 1. The fourth-order valence-electron chi connectivity index (χ4n) is 3.65. The number of aliphatic hydroxyl groups is 1. The Bertz CT molecular complexity index is 1020. The smallest absolute Gasteiger partial charge is 0.224 e. The summed E-state index contributed by atoms with van der Waals surface area (Å²) in [5, 5.41) is 16.4. The van der Waals surface area contributed by atoms with Gasteiger partial charge < -0.3 is 34.7 Å². The molecule has 0 spiro atoms. The van der Waals surface area contributed by atoms with Gasteiger partial charge in [-0.05, 0) is 56.1 Å². The van der Waals surface area contributed by atoms with Gasteiger partial charge in [0, 0.05) is 18.5 Å². The lowest BCUT2D eigenvalue weighted by atomic mass is 10.0. The molecule has 0 saturated heterocycles. The van der Waals surface area contributed by atoms with Crippen LogP contribution >= 0.6 is 12.4 Å². The Kier molecular flexibility index (Phi) is 11.1. The van der Waals surface area contributed by atoms with Crippen molar-refractivity contribution < 1.29 is 33.6 Å². The van der Waals surface area contributed by atoms with Crippen LogP contribution < -0.4 is 29.6 Å². The molecule has 2 aromatic carbocycles. The molecule has 1 heterocycles. The highest BCUT2D eigenvalue weighted by atomic mass is 35.5. The molecule has 0 aliphatic carbocycles. The van der Waals surface area contributed by atoms with E-state index < -0.39 is 6.10 Å². The zero-order valence-electron chi connectivity index (χ0n) is 20.2. The molecule has 1 amide bonds. The normalized spacial score (nSPS) is 13.1. The van der Waals surface area contributed by atoms with Crippen LogP contribution in [0, 0.1) is 0 Å². The van der Waals surface area contributed by atoms with Crippen molar-refractivity contribution in [3.8, 4) is 23.0 Å². The second kappa shape index (κ2) is 13.8. The summed E-state index contributed by atoms with van der Waals surface area (Å²) in [4.78, 5) is 23.1. The minimum absolute atomic E-state index is 0. The van der Waals surface area contributed by atoms with Crippen molar-refractivity contribution in [3.63, 3.8) is 0 Å². The molecule has 3 rings (SSSR count). The van der Waals surface area contributed by atoms with Gasteiger partial charge in [0.1, 0.15) is 30.8 Å². The van der Waals surface area contributed by atoms with Gasteiger partial charge in [0.15, 0.2) is 17.3 Å². The third kappa shape index (κ3) is 8.02. The largest absolute Gasteiger partial charge is 0.493 e. The predicted molar refractivity (Wildman–Crippen MR) is 134 cm³/mol. The molecule has 0 fully saturated rings. The number of nitrogens with one attached hydrogen (secondary N) is 2. The zero-order chi connectivity index (χ0) is 24.5. The van der Waals surface area contributed by atoms with E-state index in [-0.39, 0.29) is 37.3 Å². The molecular formula is C25H33ClN2O7. The van der Waals surface area contributed by atoms with Crippen molar-refractivity contribution in [2.75, 3.05) is 45.8 Å². The van der Waals surface area contributed by atoms with Gasteiger partial charge in [0.2, 0.25) is 5.91 Å². The number of aliphatic hydroxyl groups excluding tert-OH is 1. The van der Waals surface area contributed by atoms with Gasteiger partial charge in [-0.2, -0.15) is 0 Å². The Hall–Kier alpha value is -3.01. The molecule has 192 valence electrons. The first kappa shape index (κ1) is 28.2. The van der Waals surface area contributed by atoms with Crippen molar-refractivity contribution in [2.45, 2.75) is 32.3 Å². The lowest BCUT2D eigenvalue weighted by Crippen LogP contribution is -2.32. The number of hydrogen-bond donors (Lipinski definition) is 3. The first-order valence-electron chi connectivity index (χ1n) is 11.2. The molecule has 1 aliphatic heterocycles. The Morgan fingerprint density at radius 3 is 2.49 bits per heavy atom. The lowest BCUT2D eigenvalue weighted by molar-refractivity contribution is -0.119. The van der Waals surface area contributed by atoms with Gasteiger partial charge in [-0.3, -0.25) is 9.59 Å². The average Bonchev–Trinajstić information content (AvgIpc) is 2.83. The molecule has 1 aliphatic rings. The predicted octanol–water partition coefficient (Wildman–Crippen LogP) is 2.55. The van der Waals surface area contributed by atoms with Gasteiger partial charge in [-0.15, -0.1) is 12.4 Å². The van der Waals surface area contributed by atoms with Crippen molar-refractivity contribution in [1.29, 1.82) is 0 Å². The topological polar surface area (TPSA) is 115 Å². The number of Topliss-reactive ketones (excluding diaryl/α,β-unsaturated/α-hetero) is 1. The van der Waals surface area contributed by atoms with E-state index in [0.717, 1.165) is 17.5 Å². The standard InChI is InChI=1S/C25H32N2O7.ClH/c1-16(28)14-33-22-8-7-20(19-5-9-24(30)27-25(19)22)34-15-18(29)13-26-11-10-17-4-6-21(31-2)23(12-17)32-3;/h4,6-8,12,18,26,29H,5,9-11,13-15H2,1-3H3,(H,27,30);1H. The zero-order valence-corrected chi connectivity index (χ0v) is 21.0.